The number of hydrogen-bond donors (Lipinski definition) is 1. The van der Waals surface area contributed by atoms with E-state index in [1.165, 1.54) is 33.7 Å². The number of nitrogens with one attached hydrogen (secondary N) is 1. The summed E-state index contributed by atoms with van der Waals surface area (Å²) in [6.45, 7) is 4.11. The predicted molar refractivity (Wildman–Crippen MR) is 78.0 cm³/mol. The van der Waals surface area contributed by atoms with Crippen molar-refractivity contribution in [3.63, 3.8) is 0 Å². The van der Waals surface area contributed by atoms with Crippen LogP contribution in [0.15, 0.2) is 36.4 Å². The summed E-state index contributed by atoms with van der Waals surface area (Å²) in [5.41, 5.74) is 2.94. The molecule has 1 nitrogen and oxygen atoms in total. The summed E-state index contributed by atoms with van der Waals surface area (Å²) in [6.07, 6.45) is 2.76. The molecule has 0 bridgehead atoms. The van der Waals surface area contributed by atoms with E-state index < -0.39 is 0 Å². The topological polar surface area (TPSA) is 12.0 Å². The van der Waals surface area contributed by atoms with Crippen LogP contribution in [0.5, 0.6) is 0 Å². The Morgan fingerprint density at radius 3 is 2.78 bits per heavy atom. The van der Waals surface area contributed by atoms with Gasteiger partial charge in [0.2, 0.25) is 0 Å². The highest BCUT2D eigenvalue weighted by Gasteiger charge is 2.23. The Balaban J connectivity index is 1.54. The lowest BCUT2D eigenvalue weighted by Gasteiger charge is -2.05. The van der Waals surface area contributed by atoms with Crippen molar-refractivity contribution in [3.8, 4) is 0 Å². The number of rotatable bonds is 5. The molecule has 18 heavy (non-hydrogen) atoms. The minimum Gasteiger partial charge on any atom is -0.308 e. The van der Waals surface area contributed by atoms with E-state index in [1.807, 2.05) is 11.3 Å². The van der Waals surface area contributed by atoms with Crippen molar-refractivity contribution in [1.82, 2.24) is 5.32 Å². The number of aryl methyl sites for hydroxylation is 1. The minimum atomic E-state index is 0.852. The van der Waals surface area contributed by atoms with Gasteiger partial charge in [-0.2, -0.15) is 0 Å². The molecule has 1 saturated carbocycles. The van der Waals surface area contributed by atoms with Gasteiger partial charge in [-0.1, -0.05) is 24.3 Å². The van der Waals surface area contributed by atoms with Crippen molar-refractivity contribution in [3.05, 3.63) is 57.3 Å². The van der Waals surface area contributed by atoms with E-state index in [0.717, 1.165) is 19.0 Å². The first kappa shape index (κ1) is 11.9. The summed E-state index contributed by atoms with van der Waals surface area (Å²) < 4.78 is 0. The van der Waals surface area contributed by atoms with Crippen LogP contribution in [0.25, 0.3) is 0 Å². The van der Waals surface area contributed by atoms with Crippen molar-refractivity contribution in [1.29, 1.82) is 0 Å². The average Bonchev–Trinajstić information content (AvgIpc) is 3.14. The molecule has 0 unspecified atom stereocenters. The quantitative estimate of drug-likeness (QED) is 0.845. The van der Waals surface area contributed by atoms with Crippen LogP contribution in [0.2, 0.25) is 0 Å². The van der Waals surface area contributed by atoms with Crippen LogP contribution in [0, 0.1) is 6.92 Å². The summed E-state index contributed by atoms with van der Waals surface area (Å²) in [5, 5.41) is 3.53. The average molecular weight is 257 g/mol. The van der Waals surface area contributed by atoms with Crippen LogP contribution >= 0.6 is 11.3 Å². The van der Waals surface area contributed by atoms with Gasteiger partial charge in [0.1, 0.15) is 0 Å². The first-order valence-corrected chi connectivity index (χ1v) is 7.48. The van der Waals surface area contributed by atoms with Gasteiger partial charge in [-0.05, 0) is 48.9 Å². The summed E-state index contributed by atoms with van der Waals surface area (Å²) >= 11 is 1.88. The SMILES string of the molecule is Cc1ccc(CNCc2cccc(C3CC3)c2)s1. The van der Waals surface area contributed by atoms with E-state index in [2.05, 4.69) is 48.6 Å². The summed E-state index contributed by atoms with van der Waals surface area (Å²) in [7, 11) is 0. The number of hydrogen-bond acceptors (Lipinski definition) is 2. The lowest BCUT2D eigenvalue weighted by atomic mass is 10.1. The normalized spacial score (nSPS) is 14.9. The predicted octanol–water partition coefficient (Wildman–Crippen LogP) is 4.22. The molecule has 1 aromatic heterocycles. The fourth-order valence-corrected chi connectivity index (χ4v) is 3.14. The Morgan fingerprint density at radius 2 is 2.06 bits per heavy atom. The Kier molecular flexibility index (Phi) is 3.48. The highest BCUT2D eigenvalue weighted by molar-refractivity contribution is 7.11. The molecular formula is C16H19NS. The Bertz CT molecular complexity index is 525. The van der Waals surface area contributed by atoms with E-state index >= 15 is 0 Å². The molecule has 1 heterocycles. The highest BCUT2D eigenvalue weighted by atomic mass is 32.1. The molecule has 0 atom stereocenters. The van der Waals surface area contributed by atoms with Crippen LogP contribution in [0.4, 0.5) is 0 Å². The Labute approximate surface area is 113 Å². The van der Waals surface area contributed by atoms with Crippen LogP contribution in [0.3, 0.4) is 0 Å². The molecule has 2 aromatic rings. The van der Waals surface area contributed by atoms with Gasteiger partial charge in [0.05, 0.1) is 0 Å². The molecule has 1 aliphatic carbocycles. The third kappa shape index (κ3) is 3.01. The molecule has 0 aliphatic heterocycles. The number of benzene rings is 1. The zero-order valence-electron chi connectivity index (χ0n) is 10.8. The van der Waals surface area contributed by atoms with Crippen molar-refractivity contribution in [2.45, 2.75) is 38.8 Å². The van der Waals surface area contributed by atoms with Gasteiger partial charge < -0.3 is 5.32 Å². The zero-order chi connectivity index (χ0) is 12.4. The maximum absolute atomic E-state index is 3.53. The van der Waals surface area contributed by atoms with E-state index in [9.17, 15) is 0 Å². The van der Waals surface area contributed by atoms with Gasteiger partial charge in [-0.15, -0.1) is 11.3 Å². The lowest BCUT2D eigenvalue weighted by molar-refractivity contribution is 0.700. The molecule has 0 radical (unpaired) electrons. The molecule has 1 aliphatic rings. The summed E-state index contributed by atoms with van der Waals surface area (Å²) in [5.74, 6) is 0.852. The third-order valence-electron chi connectivity index (χ3n) is 3.42. The molecule has 3 rings (SSSR count). The molecule has 1 N–H and O–H groups in total. The van der Waals surface area contributed by atoms with E-state index in [0.29, 0.717) is 0 Å². The van der Waals surface area contributed by atoms with Crippen molar-refractivity contribution < 1.29 is 0 Å². The van der Waals surface area contributed by atoms with Gasteiger partial charge in [-0.3, -0.25) is 0 Å². The first-order chi connectivity index (χ1) is 8.81. The molecule has 1 aromatic carbocycles. The molecule has 94 valence electrons. The van der Waals surface area contributed by atoms with E-state index in [1.54, 1.807) is 0 Å². The Morgan fingerprint density at radius 1 is 1.17 bits per heavy atom. The third-order valence-corrected chi connectivity index (χ3v) is 4.42. The van der Waals surface area contributed by atoms with Crippen LogP contribution < -0.4 is 5.32 Å². The highest BCUT2D eigenvalue weighted by Crippen LogP contribution is 2.40. The van der Waals surface area contributed by atoms with Crippen LogP contribution in [-0.4, -0.2) is 0 Å². The zero-order valence-corrected chi connectivity index (χ0v) is 11.6. The van der Waals surface area contributed by atoms with Gasteiger partial charge >= 0.3 is 0 Å². The summed E-state index contributed by atoms with van der Waals surface area (Å²) in [4.78, 5) is 2.81. The van der Waals surface area contributed by atoms with Gasteiger partial charge in [0.25, 0.3) is 0 Å². The van der Waals surface area contributed by atoms with Gasteiger partial charge in [0, 0.05) is 22.8 Å². The van der Waals surface area contributed by atoms with Crippen molar-refractivity contribution >= 4 is 11.3 Å². The van der Waals surface area contributed by atoms with Crippen LogP contribution in [0.1, 0.15) is 39.6 Å². The molecule has 0 saturated heterocycles. The number of thiophene rings is 1. The maximum atomic E-state index is 3.53. The second-order valence-electron chi connectivity index (χ2n) is 5.14. The first-order valence-electron chi connectivity index (χ1n) is 6.66. The maximum Gasteiger partial charge on any atom is 0.0303 e. The second kappa shape index (κ2) is 5.25. The fraction of sp³-hybridized carbons (Fsp3) is 0.375. The Hall–Kier alpha value is -1.12. The van der Waals surface area contributed by atoms with Crippen molar-refractivity contribution in [2.24, 2.45) is 0 Å². The fourth-order valence-electron chi connectivity index (χ4n) is 2.28. The molecule has 1 fully saturated rings. The summed E-state index contributed by atoms with van der Waals surface area (Å²) in [6, 6.07) is 13.5. The van der Waals surface area contributed by atoms with E-state index in [4.69, 9.17) is 0 Å². The molecule has 0 amide bonds. The van der Waals surface area contributed by atoms with Gasteiger partial charge in [0.15, 0.2) is 0 Å². The second-order valence-corrected chi connectivity index (χ2v) is 6.51. The van der Waals surface area contributed by atoms with Crippen molar-refractivity contribution in [2.75, 3.05) is 0 Å². The largest absolute Gasteiger partial charge is 0.308 e. The molecular weight excluding hydrogens is 238 g/mol. The lowest BCUT2D eigenvalue weighted by Crippen LogP contribution is -2.11. The van der Waals surface area contributed by atoms with E-state index in [-0.39, 0.29) is 0 Å². The molecule has 0 spiro atoms. The molecule has 2 heteroatoms. The minimum absolute atomic E-state index is 0.852. The van der Waals surface area contributed by atoms with Gasteiger partial charge in [-0.25, -0.2) is 0 Å². The smallest absolute Gasteiger partial charge is 0.0303 e. The van der Waals surface area contributed by atoms with Crippen LogP contribution in [-0.2, 0) is 13.1 Å². The monoisotopic (exact) mass is 257 g/mol. The standard InChI is InChI=1S/C16H19NS/c1-12-5-8-16(18-12)11-17-10-13-3-2-4-15(9-13)14-6-7-14/h2-5,8-9,14,17H,6-7,10-11H2,1H3.